The molecule has 3 N–H and O–H groups in total. The average Bonchev–Trinajstić information content (AvgIpc) is 2.59. The second-order valence-electron chi connectivity index (χ2n) is 6.73. The monoisotopic (exact) mass is 315 g/mol. The van der Waals surface area contributed by atoms with Crippen LogP contribution in [0.5, 0.6) is 0 Å². The molecule has 1 aromatic heterocycles. The maximum atomic E-state index is 12.4. The van der Waals surface area contributed by atoms with Gasteiger partial charge in [-0.2, -0.15) is 0 Å². The van der Waals surface area contributed by atoms with E-state index in [1.54, 1.807) is 0 Å². The molecule has 1 fully saturated rings. The summed E-state index contributed by atoms with van der Waals surface area (Å²) < 4.78 is 0. The van der Waals surface area contributed by atoms with Crippen LogP contribution in [0.1, 0.15) is 55.5 Å². The molecule has 0 bridgehead atoms. The van der Waals surface area contributed by atoms with Crippen LogP contribution in [0, 0.1) is 11.8 Å². The van der Waals surface area contributed by atoms with Crippen LogP contribution >= 0.6 is 0 Å². The summed E-state index contributed by atoms with van der Waals surface area (Å²) in [5.74, 6) is -1.01. The van der Waals surface area contributed by atoms with Gasteiger partial charge in [-0.25, -0.2) is 0 Å². The van der Waals surface area contributed by atoms with Crippen LogP contribution in [-0.4, -0.2) is 16.8 Å². The predicted molar refractivity (Wildman–Crippen MR) is 87.4 cm³/mol. The molecule has 0 spiro atoms. The van der Waals surface area contributed by atoms with Crippen molar-refractivity contribution >= 4 is 11.8 Å². The molecular weight excluding hydrogens is 290 g/mol. The van der Waals surface area contributed by atoms with E-state index in [0.717, 1.165) is 44.2 Å². The smallest absolute Gasteiger partial charge is 0.224 e. The van der Waals surface area contributed by atoms with Gasteiger partial charge in [0.05, 0.1) is 12.2 Å². The Morgan fingerprint density at radius 2 is 1.83 bits per heavy atom. The van der Waals surface area contributed by atoms with Crippen LogP contribution in [0.2, 0.25) is 0 Å². The summed E-state index contributed by atoms with van der Waals surface area (Å²) in [5.41, 5.74) is 8.86. The normalized spacial score (nSPS) is 23.8. The van der Waals surface area contributed by atoms with Crippen LogP contribution in [0.3, 0.4) is 0 Å². The minimum atomic E-state index is -0.350. The zero-order valence-electron chi connectivity index (χ0n) is 13.5. The molecule has 1 heterocycles. The zero-order chi connectivity index (χ0) is 16.2. The Morgan fingerprint density at radius 3 is 2.61 bits per heavy atom. The third-order valence-corrected chi connectivity index (χ3v) is 5.15. The molecule has 5 nitrogen and oxygen atoms in total. The average molecular weight is 315 g/mol. The van der Waals surface area contributed by atoms with Crippen LogP contribution in [0.15, 0.2) is 12.1 Å². The summed E-state index contributed by atoms with van der Waals surface area (Å²) in [6, 6.07) is 4.13. The number of amides is 2. The number of hydrogen-bond donors (Lipinski definition) is 2. The number of carbonyl (C=O) groups is 2. The second kappa shape index (κ2) is 7.11. The number of rotatable bonds is 4. The number of pyridine rings is 1. The molecule has 0 unspecified atom stereocenters. The topological polar surface area (TPSA) is 85.1 Å². The van der Waals surface area contributed by atoms with E-state index in [9.17, 15) is 9.59 Å². The van der Waals surface area contributed by atoms with Gasteiger partial charge in [0.15, 0.2) is 0 Å². The number of primary amides is 1. The highest BCUT2D eigenvalue weighted by atomic mass is 16.2. The van der Waals surface area contributed by atoms with E-state index in [-0.39, 0.29) is 23.7 Å². The van der Waals surface area contributed by atoms with E-state index >= 15 is 0 Å². The van der Waals surface area contributed by atoms with Gasteiger partial charge in [0, 0.05) is 17.5 Å². The number of nitrogens with zero attached hydrogens (tertiary/aromatic N) is 1. The number of fused-ring (bicyclic) bond motifs is 1. The van der Waals surface area contributed by atoms with Crippen molar-refractivity contribution in [3.05, 3.63) is 29.1 Å². The molecule has 124 valence electrons. The van der Waals surface area contributed by atoms with Gasteiger partial charge >= 0.3 is 0 Å². The minimum Gasteiger partial charge on any atom is -0.369 e. The van der Waals surface area contributed by atoms with Crippen LogP contribution in [-0.2, 0) is 29.0 Å². The molecule has 1 aromatic rings. The van der Waals surface area contributed by atoms with Crippen molar-refractivity contribution in [2.75, 3.05) is 0 Å². The SMILES string of the molecule is NC(=O)[C@H]1CCCC[C@H]1C(=O)NCc1ccc2c(n1)CCCC2. The number of aromatic nitrogens is 1. The number of carbonyl (C=O) groups excluding carboxylic acids is 2. The summed E-state index contributed by atoms with van der Waals surface area (Å²) in [7, 11) is 0. The van der Waals surface area contributed by atoms with E-state index < -0.39 is 0 Å². The second-order valence-corrected chi connectivity index (χ2v) is 6.73. The molecule has 2 amide bonds. The Balaban J connectivity index is 1.61. The molecule has 2 aliphatic carbocycles. The predicted octanol–water partition coefficient (Wildman–Crippen LogP) is 1.87. The van der Waals surface area contributed by atoms with E-state index in [1.165, 1.54) is 24.1 Å². The van der Waals surface area contributed by atoms with Gasteiger partial charge in [0.1, 0.15) is 0 Å². The fourth-order valence-electron chi connectivity index (χ4n) is 3.82. The van der Waals surface area contributed by atoms with Crippen molar-refractivity contribution in [1.29, 1.82) is 0 Å². The first-order valence-corrected chi connectivity index (χ1v) is 8.70. The Hall–Kier alpha value is -1.91. The maximum absolute atomic E-state index is 12.4. The summed E-state index contributed by atoms with van der Waals surface area (Å²) >= 11 is 0. The van der Waals surface area contributed by atoms with Gasteiger partial charge in [-0.1, -0.05) is 18.9 Å². The summed E-state index contributed by atoms with van der Waals surface area (Å²) in [6.07, 6.45) is 8.00. The van der Waals surface area contributed by atoms with Gasteiger partial charge < -0.3 is 11.1 Å². The molecule has 0 aliphatic heterocycles. The fourth-order valence-corrected chi connectivity index (χ4v) is 3.82. The molecule has 2 aliphatic rings. The van der Waals surface area contributed by atoms with Crippen LogP contribution in [0.4, 0.5) is 0 Å². The largest absolute Gasteiger partial charge is 0.369 e. The number of nitrogens with two attached hydrogens (primary N) is 1. The molecule has 1 saturated carbocycles. The molecule has 3 rings (SSSR count). The van der Waals surface area contributed by atoms with Crippen LogP contribution in [0.25, 0.3) is 0 Å². The van der Waals surface area contributed by atoms with E-state index in [2.05, 4.69) is 16.4 Å². The highest BCUT2D eigenvalue weighted by Crippen LogP contribution is 2.30. The Morgan fingerprint density at radius 1 is 1.09 bits per heavy atom. The lowest BCUT2D eigenvalue weighted by molar-refractivity contribution is -0.135. The summed E-state index contributed by atoms with van der Waals surface area (Å²) in [4.78, 5) is 28.6. The first-order valence-electron chi connectivity index (χ1n) is 8.70. The lowest BCUT2D eigenvalue weighted by atomic mass is 9.78. The first kappa shape index (κ1) is 16.0. The van der Waals surface area contributed by atoms with Gasteiger partial charge in [0.25, 0.3) is 0 Å². The lowest BCUT2D eigenvalue weighted by Crippen LogP contribution is -2.41. The molecule has 5 heteroatoms. The minimum absolute atomic E-state index is 0.0620. The quantitative estimate of drug-likeness (QED) is 0.889. The third-order valence-electron chi connectivity index (χ3n) is 5.15. The van der Waals surface area contributed by atoms with Crippen molar-refractivity contribution in [3.8, 4) is 0 Å². The van der Waals surface area contributed by atoms with Gasteiger partial charge in [-0.05, 0) is 50.2 Å². The van der Waals surface area contributed by atoms with Crippen molar-refractivity contribution < 1.29 is 9.59 Å². The molecule has 23 heavy (non-hydrogen) atoms. The molecule has 0 aromatic carbocycles. The van der Waals surface area contributed by atoms with Gasteiger partial charge in [0.2, 0.25) is 11.8 Å². The molecule has 2 atom stereocenters. The van der Waals surface area contributed by atoms with Crippen molar-refractivity contribution in [2.45, 2.75) is 57.9 Å². The highest BCUT2D eigenvalue weighted by Gasteiger charge is 2.34. The third kappa shape index (κ3) is 3.71. The van der Waals surface area contributed by atoms with E-state index in [0.29, 0.717) is 6.54 Å². The highest BCUT2D eigenvalue weighted by molar-refractivity contribution is 5.87. The van der Waals surface area contributed by atoms with Gasteiger partial charge in [-0.3, -0.25) is 14.6 Å². The molecular formula is C18H25N3O2. The zero-order valence-corrected chi connectivity index (χ0v) is 13.5. The Labute approximate surface area is 137 Å². The summed E-state index contributed by atoms with van der Waals surface area (Å²) in [6.45, 7) is 0.425. The number of hydrogen-bond acceptors (Lipinski definition) is 3. The first-order chi connectivity index (χ1) is 11.1. The lowest BCUT2D eigenvalue weighted by Gasteiger charge is -2.28. The van der Waals surface area contributed by atoms with Crippen LogP contribution < -0.4 is 11.1 Å². The van der Waals surface area contributed by atoms with Crippen molar-refractivity contribution in [1.82, 2.24) is 10.3 Å². The summed E-state index contributed by atoms with van der Waals surface area (Å²) in [5, 5.41) is 2.95. The van der Waals surface area contributed by atoms with E-state index in [1.807, 2.05) is 6.07 Å². The standard InChI is InChI=1S/C18H25N3O2/c19-17(22)14-6-2-3-7-15(14)18(23)20-11-13-10-9-12-5-1-4-8-16(12)21-13/h9-10,14-15H,1-8,11H2,(H2,19,22)(H,20,23)/t14-,15+/m0/s1. The number of aryl methyl sites for hydroxylation is 2. The van der Waals surface area contributed by atoms with Crippen molar-refractivity contribution in [3.63, 3.8) is 0 Å². The Bertz CT molecular complexity index is 600. The Kier molecular flexibility index (Phi) is 4.94. The number of nitrogens with one attached hydrogen (secondary N) is 1. The molecule has 0 radical (unpaired) electrons. The van der Waals surface area contributed by atoms with E-state index in [4.69, 9.17) is 5.73 Å². The fraction of sp³-hybridized carbons (Fsp3) is 0.611. The maximum Gasteiger partial charge on any atom is 0.224 e. The molecule has 0 saturated heterocycles. The van der Waals surface area contributed by atoms with Gasteiger partial charge in [-0.15, -0.1) is 0 Å². The van der Waals surface area contributed by atoms with Crippen molar-refractivity contribution in [2.24, 2.45) is 17.6 Å².